The molecular weight excluding hydrogens is 336 g/mol. The van der Waals surface area contributed by atoms with Crippen LogP contribution in [0.5, 0.6) is 0 Å². The topological polar surface area (TPSA) is 75.3 Å². The summed E-state index contributed by atoms with van der Waals surface area (Å²) in [7, 11) is -3.34. The second kappa shape index (κ2) is 7.70. The van der Waals surface area contributed by atoms with E-state index in [9.17, 15) is 13.2 Å². The average Bonchev–Trinajstić information content (AvgIpc) is 2.55. The van der Waals surface area contributed by atoms with Gasteiger partial charge in [0.25, 0.3) is 5.91 Å². The third kappa shape index (κ3) is 5.32. The number of benzene rings is 2. The minimum Gasteiger partial charge on any atom is -0.346 e. The summed E-state index contributed by atoms with van der Waals surface area (Å²) in [5.41, 5.74) is 3.96. The molecule has 2 aromatic carbocycles. The Kier molecular flexibility index (Phi) is 5.85. The van der Waals surface area contributed by atoms with Crippen molar-refractivity contribution in [3.63, 3.8) is 0 Å². The summed E-state index contributed by atoms with van der Waals surface area (Å²) in [6, 6.07) is 12.9. The zero-order chi connectivity index (χ0) is 18.6. The molecule has 0 bridgehead atoms. The number of anilines is 1. The third-order valence-electron chi connectivity index (χ3n) is 4.02. The van der Waals surface area contributed by atoms with Gasteiger partial charge < -0.3 is 5.32 Å². The molecule has 0 heterocycles. The summed E-state index contributed by atoms with van der Waals surface area (Å²) in [6.07, 6.45) is 2.08. The summed E-state index contributed by atoms with van der Waals surface area (Å²) < 4.78 is 25.1. The molecule has 2 N–H and O–H groups in total. The van der Waals surface area contributed by atoms with Gasteiger partial charge in [0.05, 0.1) is 18.0 Å². The minimum absolute atomic E-state index is 0.118. The van der Waals surface area contributed by atoms with Gasteiger partial charge in [0, 0.05) is 5.56 Å². The summed E-state index contributed by atoms with van der Waals surface area (Å²) in [5, 5.41) is 2.97. The number of carbonyl (C=O) groups excluding carboxylic acids is 1. The highest BCUT2D eigenvalue weighted by Gasteiger charge is 2.13. The lowest BCUT2D eigenvalue weighted by molar-refractivity contribution is 0.0940. The van der Waals surface area contributed by atoms with E-state index in [0.717, 1.165) is 18.2 Å². The van der Waals surface area contributed by atoms with E-state index in [4.69, 9.17) is 0 Å². The molecule has 0 radical (unpaired) electrons. The zero-order valence-electron chi connectivity index (χ0n) is 15.0. The fourth-order valence-electron chi connectivity index (χ4n) is 2.52. The Balaban J connectivity index is 2.10. The molecule has 5 nitrogen and oxygen atoms in total. The Hall–Kier alpha value is -2.34. The van der Waals surface area contributed by atoms with Crippen LogP contribution in [0.25, 0.3) is 0 Å². The largest absolute Gasteiger partial charge is 0.346 e. The molecule has 1 unspecified atom stereocenters. The highest BCUT2D eigenvalue weighted by molar-refractivity contribution is 7.92. The van der Waals surface area contributed by atoms with Gasteiger partial charge in [0.15, 0.2) is 0 Å². The van der Waals surface area contributed by atoms with Crippen LogP contribution in [0.2, 0.25) is 0 Å². The lowest BCUT2D eigenvalue weighted by Crippen LogP contribution is -2.26. The molecule has 1 atom stereocenters. The smallest absolute Gasteiger partial charge is 0.251 e. The predicted molar refractivity (Wildman–Crippen MR) is 101 cm³/mol. The van der Waals surface area contributed by atoms with Gasteiger partial charge in [-0.05, 0) is 55.2 Å². The first-order valence-corrected chi connectivity index (χ1v) is 10.1. The van der Waals surface area contributed by atoms with Crippen molar-refractivity contribution in [3.05, 3.63) is 64.7 Å². The molecule has 0 spiro atoms. The predicted octanol–water partition coefficient (Wildman–Crippen LogP) is 3.42. The molecule has 0 saturated carbocycles. The molecule has 25 heavy (non-hydrogen) atoms. The number of rotatable bonds is 6. The van der Waals surface area contributed by atoms with Crippen molar-refractivity contribution in [2.24, 2.45) is 0 Å². The van der Waals surface area contributed by atoms with Crippen molar-refractivity contribution in [1.29, 1.82) is 0 Å². The number of sulfonamides is 1. The van der Waals surface area contributed by atoms with Crippen LogP contribution in [0.3, 0.4) is 0 Å². The van der Waals surface area contributed by atoms with Crippen molar-refractivity contribution in [3.8, 4) is 0 Å². The second-order valence-corrected chi connectivity index (χ2v) is 7.94. The number of hydrogen-bond acceptors (Lipinski definition) is 3. The fourth-order valence-corrected chi connectivity index (χ4v) is 3.15. The van der Waals surface area contributed by atoms with Crippen LogP contribution in [-0.4, -0.2) is 20.6 Å². The number of carbonyl (C=O) groups is 1. The van der Waals surface area contributed by atoms with Crippen LogP contribution in [0, 0.1) is 6.92 Å². The lowest BCUT2D eigenvalue weighted by Gasteiger charge is -2.16. The summed E-state index contributed by atoms with van der Waals surface area (Å²) in [5.74, 6) is -0.193. The second-order valence-electron chi connectivity index (χ2n) is 6.19. The van der Waals surface area contributed by atoms with E-state index in [1.54, 1.807) is 25.1 Å². The first-order valence-electron chi connectivity index (χ1n) is 8.17. The molecule has 0 saturated heterocycles. The standard InChI is InChI=1S/C19H24N2O3S/c1-5-15-6-8-16(9-7-15)14(3)20-19(22)17-10-11-18(13(2)12-17)21-25(4,23)24/h6-12,14,21H,5H2,1-4H3,(H,20,22). The molecule has 2 rings (SSSR count). The fraction of sp³-hybridized carbons (Fsp3) is 0.316. The third-order valence-corrected chi connectivity index (χ3v) is 4.61. The monoisotopic (exact) mass is 360 g/mol. The Labute approximate surface area is 149 Å². The van der Waals surface area contributed by atoms with E-state index in [-0.39, 0.29) is 11.9 Å². The van der Waals surface area contributed by atoms with Gasteiger partial charge in [-0.15, -0.1) is 0 Å². The van der Waals surface area contributed by atoms with Gasteiger partial charge in [-0.1, -0.05) is 31.2 Å². The van der Waals surface area contributed by atoms with Crippen molar-refractivity contribution in [1.82, 2.24) is 5.32 Å². The van der Waals surface area contributed by atoms with E-state index in [2.05, 4.69) is 29.1 Å². The van der Waals surface area contributed by atoms with Crippen LogP contribution in [-0.2, 0) is 16.4 Å². The van der Waals surface area contributed by atoms with Gasteiger partial charge in [-0.2, -0.15) is 0 Å². The molecule has 0 fully saturated rings. The van der Waals surface area contributed by atoms with Crippen LogP contribution in [0.4, 0.5) is 5.69 Å². The van der Waals surface area contributed by atoms with Crippen LogP contribution in [0.1, 0.15) is 46.9 Å². The average molecular weight is 360 g/mol. The molecule has 0 aliphatic heterocycles. The summed E-state index contributed by atoms with van der Waals surface area (Å²) >= 11 is 0. The molecular formula is C19H24N2O3S. The number of hydrogen-bond donors (Lipinski definition) is 2. The molecule has 0 aromatic heterocycles. The van der Waals surface area contributed by atoms with E-state index in [1.807, 2.05) is 19.1 Å². The van der Waals surface area contributed by atoms with Gasteiger partial charge in [0.2, 0.25) is 10.0 Å². The van der Waals surface area contributed by atoms with Gasteiger partial charge in [0.1, 0.15) is 0 Å². The number of amides is 1. The van der Waals surface area contributed by atoms with Crippen LogP contribution in [0.15, 0.2) is 42.5 Å². The van der Waals surface area contributed by atoms with E-state index < -0.39 is 10.0 Å². The highest BCUT2D eigenvalue weighted by Crippen LogP contribution is 2.19. The lowest BCUT2D eigenvalue weighted by atomic mass is 10.0. The zero-order valence-corrected chi connectivity index (χ0v) is 15.8. The van der Waals surface area contributed by atoms with Gasteiger partial charge in [-0.25, -0.2) is 8.42 Å². The van der Waals surface area contributed by atoms with Crippen molar-refractivity contribution < 1.29 is 13.2 Å². The normalized spacial score (nSPS) is 12.5. The van der Waals surface area contributed by atoms with E-state index in [0.29, 0.717) is 16.8 Å². The summed E-state index contributed by atoms with van der Waals surface area (Å²) in [6.45, 7) is 5.80. The van der Waals surface area contributed by atoms with Crippen molar-refractivity contribution in [2.75, 3.05) is 11.0 Å². The molecule has 6 heteroatoms. The highest BCUT2D eigenvalue weighted by atomic mass is 32.2. The first kappa shape index (κ1) is 19.0. The Morgan fingerprint density at radius 3 is 2.28 bits per heavy atom. The maximum Gasteiger partial charge on any atom is 0.251 e. The summed E-state index contributed by atoms with van der Waals surface area (Å²) in [4.78, 5) is 12.5. The quantitative estimate of drug-likeness (QED) is 0.829. The molecule has 0 aliphatic rings. The maximum absolute atomic E-state index is 12.5. The van der Waals surface area contributed by atoms with Crippen LogP contribution < -0.4 is 10.0 Å². The van der Waals surface area contributed by atoms with E-state index >= 15 is 0 Å². The first-order chi connectivity index (χ1) is 11.7. The Morgan fingerprint density at radius 2 is 1.76 bits per heavy atom. The number of nitrogens with one attached hydrogen (secondary N) is 2. The van der Waals surface area contributed by atoms with Crippen molar-refractivity contribution >= 4 is 21.6 Å². The molecule has 1 amide bonds. The van der Waals surface area contributed by atoms with Gasteiger partial charge >= 0.3 is 0 Å². The molecule has 0 aliphatic carbocycles. The van der Waals surface area contributed by atoms with Crippen molar-refractivity contribution in [2.45, 2.75) is 33.2 Å². The minimum atomic E-state index is -3.34. The number of aryl methyl sites for hydroxylation is 2. The molecule has 2 aromatic rings. The van der Waals surface area contributed by atoms with Crippen LogP contribution >= 0.6 is 0 Å². The maximum atomic E-state index is 12.5. The SMILES string of the molecule is CCc1ccc(C(C)NC(=O)c2ccc(NS(C)(=O)=O)c(C)c2)cc1. The molecule has 134 valence electrons. The Morgan fingerprint density at radius 1 is 1.12 bits per heavy atom. The van der Waals surface area contributed by atoms with Gasteiger partial charge in [-0.3, -0.25) is 9.52 Å². The van der Waals surface area contributed by atoms with E-state index in [1.165, 1.54) is 5.56 Å². The Bertz CT molecular complexity index is 859.